The van der Waals surface area contributed by atoms with E-state index in [4.69, 9.17) is 4.42 Å². The first-order chi connectivity index (χ1) is 11.1. The van der Waals surface area contributed by atoms with Gasteiger partial charge in [-0.05, 0) is 30.9 Å². The van der Waals surface area contributed by atoms with Crippen LogP contribution in [0.3, 0.4) is 0 Å². The monoisotopic (exact) mass is 336 g/mol. The molecule has 124 valence electrons. The van der Waals surface area contributed by atoms with E-state index in [-0.39, 0.29) is 17.6 Å². The van der Waals surface area contributed by atoms with Gasteiger partial charge in [0.15, 0.2) is 5.76 Å². The first kappa shape index (κ1) is 14.9. The minimum atomic E-state index is -1.17. The van der Waals surface area contributed by atoms with E-state index in [1.54, 1.807) is 17.0 Å². The van der Waals surface area contributed by atoms with E-state index in [0.717, 1.165) is 19.4 Å². The van der Waals surface area contributed by atoms with Crippen LogP contribution >= 0.6 is 0 Å². The number of nitrogens with zero attached hydrogens (tertiary/aromatic N) is 2. The summed E-state index contributed by atoms with van der Waals surface area (Å²) in [6, 6.07) is 3.35. The Bertz CT molecular complexity index is 645. The van der Waals surface area contributed by atoms with Crippen molar-refractivity contribution in [3.8, 4) is 0 Å². The molecule has 23 heavy (non-hydrogen) atoms. The maximum Gasteiger partial charge on any atom is 0.289 e. The van der Waals surface area contributed by atoms with Crippen molar-refractivity contribution in [1.29, 1.82) is 0 Å². The molecule has 1 aromatic heterocycles. The molecule has 4 rings (SSSR count). The number of furan rings is 1. The molecule has 1 aromatic rings. The number of carbonyl (C=O) groups excluding carboxylic acids is 2. The summed E-state index contributed by atoms with van der Waals surface area (Å²) in [5.74, 6) is 0.932. The largest absolute Gasteiger partial charge is 0.459 e. The van der Waals surface area contributed by atoms with Crippen molar-refractivity contribution in [2.75, 3.05) is 25.4 Å². The summed E-state index contributed by atoms with van der Waals surface area (Å²) in [5.41, 5.74) is 0. The zero-order valence-corrected chi connectivity index (χ0v) is 13.7. The summed E-state index contributed by atoms with van der Waals surface area (Å²) in [7, 11) is -1.17. The second-order valence-corrected chi connectivity index (χ2v) is 8.39. The van der Waals surface area contributed by atoms with E-state index in [9.17, 15) is 13.8 Å². The maximum atomic E-state index is 12.6. The van der Waals surface area contributed by atoms with Crippen LogP contribution in [0.15, 0.2) is 22.8 Å². The SMILES string of the molecule is O=C(c1ccco1)N1CCC2(CC1)N(CC1CC1)C(=O)CS2=O. The lowest BCUT2D eigenvalue weighted by Gasteiger charge is -2.43. The van der Waals surface area contributed by atoms with Gasteiger partial charge in [-0.2, -0.15) is 0 Å². The fourth-order valence-electron chi connectivity index (χ4n) is 3.61. The van der Waals surface area contributed by atoms with Crippen molar-refractivity contribution in [3.05, 3.63) is 24.2 Å². The summed E-state index contributed by atoms with van der Waals surface area (Å²) in [5, 5.41) is 0. The smallest absolute Gasteiger partial charge is 0.289 e. The van der Waals surface area contributed by atoms with Gasteiger partial charge in [-0.25, -0.2) is 0 Å². The maximum absolute atomic E-state index is 12.6. The summed E-state index contributed by atoms with van der Waals surface area (Å²) in [4.78, 5) is 27.7. The van der Waals surface area contributed by atoms with E-state index in [2.05, 4.69) is 0 Å². The molecule has 0 radical (unpaired) electrons. The van der Waals surface area contributed by atoms with Gasteiger partial charge in [0, 0.05) is 32.5 Å². The van der Waals surface area contributed by atoms with Crippen molar-refractivity contribution in [3.63, 3.8) is 0 Å². The lowest BCUT2D eigenvalue weighted by atomic mass is 10.0. The van der Waals surface area contributed by atoms with Gasteiger partial charge < -0.3 is 14.2 Å². The Hall–Kier alpha value is -1.63. The average molecular weight is 336 g/mol. The van der Waals surface area contributed by atoms with Crippen LogP contribution in [0, 0.1) is 5.92 Å². The van der Waals surface area contributed by atoms with Crippen molar-refractivity contribution in [2.24, 2.45) is 5.92 Å². The minimum Gasteiger partial charge on any atom is -0.459 e. The molecular formula is C16H20N2O4S. The highest BCUT2D eigenvalue weighted by Crippen LogP contribution is 2.41. The van der Waals surface area contributed by atoms with Crippen molar-refractivity contribution < 1.29 is 18.2 Å². The van der Waals surface area contributed by atoms with Crippen LogP contribution in [0.5, 0.6) is 0 Å². The van der Waals surface area contributed by atoms with Gasteiger partial charge >= 0.3 is 0 Å². The summed E-state index contributed by atoms with van der Waals surface area (Å²) in [6.45, 7) is 1.76. The van der Waals surface area contributed by atoms with E-state index < -0.39 is 15.7 Å². The zero-order chi connectivity index (χ0) is 16.0. The third-order valence-corrected chi connectivity index (χ3v) is 7.16. The first-order valence-electron chi connectivity index (χ1n) is 8.12. The van der Waals surface area contributed by atoms with Crippen molar-refractivity contribution >= 4 is 22.6 Å². The van der Waals surface area contributed by atoms with Crippen molar-refractivity contribution in [2.45, 2.75) is 30.6 Å². The minimum absolute atomic E-state index is 0.0149. The Morgan fingerprint density at radius 2 is 2.09 bits per heavy atom. The Labute approximate surface area is 137 Å². The predicted octanol–water partition coefficient (Wildman–Crippen LogP) is 1.21. The molecular weight excluding hydrogens is 316 g/mol. The molecule has 3 heterocycles. The van der Waals surface area contributed by atoms with Gasteiger partial charge in [0.05, 0.1) is 17.1 Å². The molecule has 3 aliphatic rings. The Balaban J connectivity index is 1.49. The van der Waals surface area contributed by atoms with Gasteiger partial charge in [0.2, 0.25) is 5.91 Å². The van der Waals surface area contributed by atoms with Crippen LogP contribution in [0.2, 0.25) is 0 Å². The van der Waals surface area contributed by atoms with Crippen LogP contribution < -0.4 is 0 Å². The molecule has 2 aliphatic heterocycles. The third kappa shape index (κ3) is 2.51. The number of carbonyl (C=O) groups is 2. The molecule has 0 N–H and O–H groups in total. The Morgan fingerprint density at radius 1 is 1.35 bits per heavy atom. The van der Waals surface area contributed by atoms with Crippen LogP contribution in [0.4, 0.5) is 0 Å². The van der Waals surface area contributed by atoms with Crippen LogP contribution in [-0.2, 0) is 15.6 Å². The third-order valence-electron chi connectivity index (χ3n) is 5.17. The van der Waals surface area contributed by atoms with Gasteiger partial charge in [-0.3, -0.25) is 13.8 Å². The van der Waals surface area contributed by atoms with Gasteiger partial charge in [0.1, 0.15) is 10.6 Å². The van der Waals surface area contributed by atoms with E-state index in [1.807, 2.05) is 4.90 Å². The highest BCUT2D eigenvalue weighted by Gasteiger charge is 2.54. The zero-order valence-electron chi connectivity index (χ0n) is 12.9. The summed E-state index contributed by atoms with van der Waals surface area (Å²) >= 11 is 0. The van der Waals surface area contributed by atoms with E-state index >= 15 is 0 Å². The molecule has 1 saturated carbocycles. The number of amides is 2. The fourth-order valence-corrected chi connectivity index (χ4v) is 5.32. The topological polar surface area (TPSA) is 70.8 Å². The lowest BCUT2D eigenvalue weighted by molar-refractivity contribution is -0.131. The molecule has 0 bridgehead atoms. The molecule has 2 amide bonds. The number of rotatable bonds is 3. The number of hydrogen-bond donors (Lipinski definition) is 0. The predicted molar refractivity (Wildman–Crippen MR) is 84.0 cm³/mol. The average Bonchev–Trinajstić information content (AvgIpc) is 3.15. The van der Waals surface area contributed by atoms with Crippen molar-refractivity contribution in [1.82, 2.24) is 9.80 Å². The number of piperidine rings is 1. The molecule has 7 heteroatoms. The van der Waals surface area contributed by atoms with Crippen LogP contribution in [-0.4, -0.2) is 56.1 Å². The Morgan fingerprint density at radius 3 is 2.70 bits per heavy atom. The number of hydrogen-bond acceptors (Lipinski definition) is 4. The molecule has 1 atom stereocenters. The second kappa shape index (κ2) is 5.47. The van der Waals surface area contributed by atoms with E-state index in [0.29, 0.717) is 37.6 Å². The normalized spacial score (nSPS) is 27.0. The first-order valence-corrected chi connectivity index (χ1v) is 9.44. The molecule has 3 fully saturated rings. The molecule has 1 spiro atoms. The number of likely N-dealkylation sites (tertiary alicyclic amines) is 1. The summed E-state index contributed by atoms with van der Waals surface area (Å²) < 4.78 is 17.8. The van der Waals surface area contributed by atoms with Gasteiger partial charge in [0.25, 0.3) is 5.91 Å². The van der Waals surface area contributed by atoms with Crippen LogP contribution in [0.25, 0.3) is 0 Å². The highest BCUT2D eigenvalue weighted by atomic mass is 32.2. The standard InChI is InChI=1S/C16H20N2O4S/c19-14-11-23(21)16(18(14)10-12-3-4-12)5-7-17(8-6-16)15(20)13-2-1-9-22-13/h1-2,9,12H,3-8,10-11H2. The van der Waals surface area contributed by atoms with Gasteiger partial charge in [-0.15, -0.1) is 0 Å². The lowest BCUT2D eigenvalue weighted by Crippen LogP contribution is -2.56. The van der Waals surface area contributed by atoms with Gasteiger partial charge in [-0.1, -0.05) is 0 Å². The quantitative estimate of drug-likeness (QED) is 0.832. The fraction of sp³-hybridized carbons (Fsp3) is 0.625. The molecule has 1 unspecified atom stereocenters. The molecule has 2 saturated heterocycles. The second-order valence-electron chi connectivity index (χ2n) is 6.65. The van der Waals surface area contributed by atoms with E-state index in [1.165, 1.54) is 6.26 Å². The summed E-state index contributed by atoms with van der Waals surface area (Å²) in [6.07, 6.45) is 4.99. The highest BCUT2D eigenvalue weighted by molar-refractivity contribution is 7.87. The van der Waals surface area contributed by atoms with Crippen LogP contribution in [0.1, 0.15) is 36.2 Å². The molecule has 1 aliphatic carbocycles. The Kier molecular flexibility index (Phi) is 3.55. The molecule has 0 aromatic carbocycles. The molecule has 6 nitrogen and oxygen atoms in total.